The lowest BCUT2D eigenvalue weighted by Crippen LogP contribution is -2.27. The van der Waals surface area contributed by atoms with Crippen LogP contribution >= 0.6 is 34.8 Å². The highest BCUT2D eigenvalue weighted by Crippen LogP contribution is 2.28. The van der Waals surface area contributed by atoms with E-state index in [9.17, 15) is 9.59 Å². The molecule has 0 spiro atoms. The molecule has 0 bridgehead atoms. The van der Waals surface area contributed by atoms with E-state index in [1.807, 2.05) is 0 Å². The van der Waals surface area contributed by atoms with Gasteiger partial charge in [0.15, 0.2) is 0 Å². The molecule has 0 N–H and O–H groups in total. The summed E-state index contributed by atoms with van der Waals surface area (Å²) in [6.07, 6.45) is 1.59. The minimum absolute atomic E-state index is 0.343. The van der Waals surface area contributed by atoms with Crippen LogP contribution in [0.15, 0.2) is 53.5 Å². The van der Waals surface area contributed by atoms with Crippen molar-refractivity contribution in [2.24, 2.45) is 0 Å². The Labute approximate surface area is 152 Å². The van der Waals surface area contributed by atoms with Crippen molar-refractivity contribution in [1.82, 2.24) is 9.13 Å². The second-order valence-corrected chi connectivity index (χ2v) is 6.38. The maximum absolute atomic E-state index is 12.7. The normalized spacial score (nSPS) is 10.8. The van der Waals surface area contributed by atoms with Crippen LogP contribution in [0, 0.1) is 0 Å². The van der Waals surface area contributed by atoms with E-state index in [4.69, 9.17) is 34.8 Å². The van der Waals surface area contributed by atoms with Gasteiger partial charge in [-0.05, 0) is 36.4 Å². The molecule has 4 nitrogen and oxygen atoms in total. The summed E-state index contributed by atoms with van der Waals surface area (Å²) in [5.41, 5.74) is 1.18. The molecule has 0 fully saturated rings. The summed E-state index contributed by atoms with van der Waals surface area (Å²) in [6.45, 7) is 1.33. The first-order chi connectivity index (χ1) is 11.4. The number of rotatable bonds is 2. The molecule has 3 rings (SSSR count). The Kier molecular flexibility index (Phi) is 4.54. The van der Waals surface area contributed by atoms with Gasteiger partial charge in [-0.15, -0.1) is 0 Å². The fourth-order valence-corrected chi connectivity index (χ4v) is 2.82. The average molecular weight is 382 g/mol. The van der Waals surface area contributed by atoms with E-state index in [2.05, 4.69) is 0 Å². The Balaban J connectivity index is 2.24. The molecule has 0 aliphatic heterocycles. The lowest BCUT2D eigenvalue weighted by molar-refractivity contribution is 0.0934. The molecule has 0 atom stereocenters. The monoisotopic (exact) mass is 380 g/mol. The standard InChI is InChI=1S/C17H11Cl3N2O2/c1-10(23)22-16(11-2-7-14(19)15(20)8-11)9-21(17(22)24)13-5-3-12(18)4-6-13/h2-9H,1H3. The van der Waals surface area contributed by atoms with Gasteiger partial charge in [-0.1, -0.05) is 40.9 Å². The Morgan fingerprint density at radius 3 is 2.21 bits per heavy atom. The van der Waals surface area contributed by atoms with Gasteiger partial charge in [0.2, 0.25) is 5.91 Å². The van der Waals surface area contributed by atoms with E-state index >= 15 is 0 Å². The van der Waals surface area contributed by atoms with Crippen LogP contribution in [-0.2, 0) is 0 Å². The predicted octanol–water partition coefficient (Wildman–Crippen LogP) is 4.93. The molecule has 0 saturated carbocycles. The highest BCUT2D eigenvalue weighted by molar-refractivity contribution is 6.42. The van der Waals surface area contributed by atoms with Crippen LogP contribution in [0.2, 0.25) is 15.1 Å². The van der Waals surface area contributed by atoms with Gasteiger partial charge in [0, 0.05) is 23.7 Å². The van der Waals surface area contributed by atoms with Crippen molar-refractivity contribution < 1.29 is 4.79 Å². The lowest BCUT2D eigenvalue weighted by atomic mass is 10.1. The second kappa shape index (κ2) is 6.48. The van der Waals surface area contributed by atoms with Crippen molar-refractivity contribution in [3.63, 3.8) is 0 Å². The predicted molar refractivity (Wildman–Crippen MR) is 96.8 cm³/mol. The summed E-state index contributed by atoms with van der Waals surface area (Å²) in [6, 6.07) is 11.7. The summed E-state index contributed by atoms with van der Waals surface area (Å²) < 4.78 is 2.48. The SMILES string of the molecule is CC(=O)n1c(-c2ccc(Cl)c(Cl)c2)cn(-c2ccc(Cl)cc2)c1=O. The van der Waals surface area contributed by atoms with Crippen molar-refractivity contribution in [3.05, 3.63) is 74.2 Å². The lowest BCUT2D eigenvalue weighted by Gasteiger charge is -2.04. The van der Waals surface area contributed by atoms with E-state index < -0.39 is 11.6 Å². The molecular formula is C17H11Cl3N2O2. The smallest absolute Gasteiger partial charge is 0.274 e. The summed E-state index contributed by atoms with van der Waals surface area (Å²) in [4.78, 5) is 24.6. The Bertz CT molecular complexity index is 988. The number of imidazole rings is 1. The van der Waals surface area contributed by atoms with Crippen LogP contribution in [0.4, 0.5) is 0 Å². The molecule has 0 radical (unpaired) electrons. The molecule has 0 saturated heterocycles. The Morgan fingerprint density at radius 1 is 0.958 bits per heavy atom. The maximum Gasteiger partial charge on any atom is 0.340 e. The third-order valence-corrected chi connectivity index (χ3v) is 4.52. The summed E-state index contributed by atoms with van der Waals surface area (Å²) in [5.74, 6) is -0.395. The zero-order chi connectivity index (χ0) is 17.4. The summed E-state index contributed by atoms with van der Waals surface area (Å²) >= 11 is 17.9. The van der Waals surface area contributed by atoms with Gasteiger partial charge < -0.3 is 0 Å². The zero-order valence-electron chi connectivity index (χ0n) is 12.5. The highest BCUT2D eigenvalue weighted by atomic mass is 35.5. The third kappa shape index (κ3) is 3.00. The minimum atomic E-state index is -0.467. The largest absolute Gasteiger partial charge is 0.340 e. The van der Waals surface area contributed by atoms with E-state index in [1.165, 1.54) is 11.5 Å². The van der Waals surface area contributed by atoms with Crippen LogP contribution in [0.1, 0.15) is 11.7 Å². The zero-order valence-corrected chi connectivity index (χ0v) is 14.7. The van der Waals surface area contributed by atoms with Gasteiger partial charge >= 0.3 is 5.69 Å². The molecule has 0 aliphatic carbocycles. The van der Waals surface area contributed by atoms with Crippen LogP contribution in [-0.4, -0.2) is 15.0 Å². The van der Waals surface area contributed by atoms with Gasteiger partial charge in [0.1, 0.15) is 0 Å². The van der Waals surface area contributed by atoms with Crippen LogP contribution in [0.3, 0.4) is 0 Å². The molecule has 24 heavy (non-hydrogen) atoms. The number of aromatic nitrogens is 2. The molecule has 7 heteroatoms. The fourth-order valence-electron chi connectivity index (χ4n) is 2.40. The van der Waals surface area contributed by atoms with Crippen molar-refractivity contribution in [3.8, 4) is 16.9 Å². The van der Waals surface area contributed by atoms with Gasteiger partial charge in [0.25, 0.3) is 0 Å². The van der Waals surface area contributed by atoms with Crippen LogP contribution in [0.5, 0.6) is 0 Å². The van der Waals surface area contributed by atoms with Gasteiger partial charge in [-0.3, -0.25) is 9.36 Å². The molecule has 0 aliphatic rings. The van der Waals surface area contributed by atoms with Gasteiger partial charge in [0.05, 0.1) is 21.4 Å². The quantitative estimate of drug-likeness (QED) is 0.632. The molecule has 1 aromatic heterocycles. The average Bonchev–Trinajstić information content (AvgIpc) is 2.88. The van der Waals surface area contributed by atoms with E-state index in [0.717, 1.165) is 4.57 Å². The topological polar surface area (TPSA) is 44.0 Å². The summed E-state index contributed by atoms with van der Waals surface area (Å²) in [5, 5.41) is 1.30. The minimum Gasteiger partial charge on any atom is -0.274 e. The first kappa shape index (κ1) is 16.8. The molecule has 0 unspecified atom stereocenters. The van der Waals surface area contributed by atoms with Crippen molar-refractivity contribution in [2.45, 2.75) is 6.92 Å². The number of carbonyl (C=O) groups excluding carboxylic acids is 1. The third-order valence-electron chi connectivity index (χ3n) is 3.52. The highest BCUT2D eigenvalue weighted by Gasteiger charge is 2.17. The molecule has 1 heterocycles. The number of hydrogen-bond donors (Lipinski definition) is 0. The second-order valence-electron chi connectivity index (χ2n) is 5.13. The Hall–Kier alpha value is -2.01. The first-order valence-corrected chi connectivity index (χ1v) is 8.08. The van der Waals surface area contributed by atoms with Crippen molar-refractivity contribution in [2.75, 3.05) is 0 Å². The maximum atomic E-state index is 12.7. The van der Waals surface area contributed by atoms with E-state index in [0.29, 0.717) is 32.0 Å². The molecule has 3 aromatic rings. The van der Waals surface area contributed by atoms with Crippen molar-refractivity contribution in [1.29, 1.82) is 0 Å². The van der Waals surface area contributed by atoms with Crippen LogP contribution < -0.4 is 5.69 Å². The first-order valence-electron chi connectivity index (χ1n) is 6.95. The van der Waals surface area contributed by atoms with E-state index in [-0.39, 0.29) is 0 Å². The number of hydrogen-bond acceptors (Lipinski definition) is 2. The van der Waals surface area contributed by atoms with Gasteiger partial charge in [-0.2, -0.15) is 0 Å². The van der Waals surface area contributed by atoms with Crippen LogP contribution in [0.25, 0.3) is 16.9 Å². The fraction of sp³-hybridized carbons (Fsp3) is 0.0588. The molecule has 122 valence electrons. The number of nitrogens with zero attached hydrogens (tertiary/aromatic N) is 2. The number of halogens is 3. The molecule has 0 amide bonds. The Morgan fingerprint density at radius 2 is 1.62 bits per heavy atom. The van der Waals surface area contributed by atoms with Crippen molar-refractivity contribution >= 4 is 40.7 Å². The number of carbonyl (C=O) groups is 1. The molecule has 2 aromatic carbocycles. The summed E-state index contributed by atoms with van der Waals surface area (Å²) in [7, 11) is 0. The number of benzene rings is 2. The van der Waals surface area contributed by atoms with E-state index in [1.54, 1.807) is 48.7 Å². The van der Waals surface area contributed by atoms with Gasteiger partial charge in [-0.25, -0.2) is 9.36 Å². The molecular weight excluding hydrogens is 371 g/mol.